The molecule has 0 aliphatic heterocycles. The highest BCUT2D eigenvalue weighted by Gasteiger charge is 2.27. The van der Waals surface area contributed by atoms with Crippen LogP contribution in [0.15, 0.2) is 376 Å². The Morgan fingerprint density at radius 2 is 0.346 bits per heavy atom. The van der Waals surface area contributed by atoms with Crippen LogP contribution in [-0.2, 0) is 38.5 Å². The van der Waals surface area contributed by atoms with Gasteiger partial charge in [-0.3, -0.25) is 0 Å². The van der Waals surface area contributed by atoms with E-state index < -0.39 is 0 Å². The first-order valence-electron chi connectivity index (χ1n) is 49.5. The van der Waals surface area contributed by atoms with Gasteiger partial charge in [-0.15, -0.1) is 0 Å². The van der Waals surface area contributed by atoms with E-state index in [9.17, 15) is 0 Å². The molecular formula is C136H146. The molecular weight excluding hydrogens is 1630 g/mol. The van der Waals surface area contributed by atoms with Crippen LogP contribution in [0.25, 0.3) is 142 Å². The second kappa shape index (κ2) is 42.5. The van der Waals surface area contributed by atoms with E-state index in [0.29, 0.717) is 32.5 Å². The summed E-state index contributed by atoms with van der Waals surface area (Å²) in [4.78, 5) is 0. The molecule has 0 atom stereocenters. The maximum absolute atomic E-state index is 2.34. The van der Waals surface area contributed by atoms with Crippen LogP contribution in [0.3, 0.4) is 0 Å². The minimum atomic E-state index is 0.500. The Balaban J connectivity index is 0.000000123. The molecule has 6 aliphatic carbocycles. The lowest BCUT2D eigenvalue weighted by Gasteiger charge is -2.12. The molecule has 0 heterocycles. The fourth-order valence-corrected chi connectivity index (χ4v) is 18.2. The number of hydrogen-bond acceptors (Lipinski definition) is 0. The fourth-order valence-electron chi connectivity index (χ4n) is 18.2. The van der Waals surface area contributed by atoms with Crippen LogP contribution in [0, 0.1) is 32.5 Å². The van der Waals surface area contributed by atoms with Gasteiger partial charge >= 0.3 is 0 Å². The summed E-state index contributed by atoms with van der Waals surface area (Å²) in [5.74, 6) is 0. The van der Waals surface area contributed by atoms with E-state index >= 15 is 0 Å². The van der Waals surface area contributed by atoms with E-state index in [-0.39, 0.29) is 0 Å². The quantitative estimate of drug-likeness (QED) is 0.133. The van der Waals surface area contributed by atoms with Crippen LogP contribution in [0.2, 0.25) is 0 Å². The molecule has 0 fully saturated rings. The molecule has 0 aromatic heterocycles. The number of benzene rings is 19. The minimum Gasteiger partial charge on any atom is -0.0619 e. The highest BCUT2D eigenvalue weighted by molar-refractivity contribution is 6.17. The van der Waals surface area contributed by atoms with Gasteiger partial charge in [-0.1, -0.05) is 530 Å². The van der Waals surface area contributed by atoms with Crippen molar-refractivity contribution < 1.29 is 0 Å². The Hall–Kier alpha value is -13.0. The lowest BCUT2D eigenvalue weighted by Crippen LogP contribution is -1.93. The summed E-state index contributed by atoms with van der Waals surface area (Å²) in [5.41, 5.74) is 37.6. The van der Waals surface area contributed by atoms with Crippen molar-refractivity contribution in [2.24, 2.45) is 32.5 Å². The van der Waals surface area contributed by atoms with E-state index in [1.165, 1.54) is 209 Å². The van der Waals surface area contributed by atoms with E-state index in [1.807, 2.05) is 0 Å². The van der Waals surface area contributed by atoms with Crippen LogP contribution >= 0.6 is 0 Å². The predicted molar refractivity (Wildman–Crippen MR) is 601 cm³/mol. The van der Waals surface area contributed by atoms with Crippen molar-refractivity contribution in [1.29, 1.82) is 0 Å². The van der Waals surface area contributed by atoms with E-state index in [4.69, 9.17) is 0 Å². The molecule has 0 bridgehead atoms. The first-order valence-corrected chi connectivity index (χ1v) is 49.5. The van der Waals surface area contributed by atoms with Gasteiger partial charge in [0.1, 0.15) is 0 Å². The predicted octanol–water partition coefficient (Wildman–Crippen LogP) is 39.9. The van der Waals surface area contributed by atoms with Crippen LogP contribution in [-0.4, -0.2) is 0 Å². The third-order valence-corrected chi connectivity index (χ3v) is 23.1. The lowest BCUT2D eigenvalue weighted by molar-refractivity contribution is 0.469. The van der Waals surface area contributed by atoms with Crippen molar-refractivity contribution in [3.63, 3.8) is 0 Å². The third-order valence-electron chi connectivity index (χ3n) is 23.1. The highest BCUT2D eigenvalue weighted by Crippen LogP contribution is 2.49. The number of rotatable bonds is 0. The molecule has 0 nitrogen and oxygen atoms in total. The van der Waals surface area contributed by atoms with Crippen LogP contribution < -0.4 is 0 Å². The van der Waals surface area contributed by atoms with Gasteiger partial charge in [0.25, 0.3) is 0 Å². The minimum absolute atomic E-state index is 0.500. The van der Waals surface area contributed by atoms with Gasteiger partial charge in [-0.05, 0) is 292 Å². The van der Waals surface area contributed by atoms with E-state index in [0.717, 1.165) is 38.5 Å². The zero-order chi connectivity index (χ0) is 97.0. The van der Waals surface area contributed by atoms with E-state index in [2.05, 4.69) is 542 Å². The van der Waals surface area contributed by atoms with Crippen molar-refractivity contribution in [3.8, 4) is 66.8 Å². The van der Waals surface area contributed by atoms with Crippen molar-refractivity contribution in [2.75, 3.05) is 0 Å². The third kappa shape index (κ3) is 26.4. The van der Waals surface area contributed by atoms with Gasteiger partial charge < -0.3 is 0 Å². The summed E-state index contributed by atoms with van der Waals surface area (Å²) in [6.07, 6.45) is 6.45. The Bertz CT molecular complexity index is 6970. The molecule has 19 aromatic rings. The Morgan fingerprint density at radius 1 is 0.125 bits per heavy atom. The molecule has 0 N–H and O–H groups in total. The van der Waals surface area contributed by atoms with Crippen LogP contribution in [0.4, 0.5) is 0 Å². The molecule has 0 radical (unpaired) electrons. The Morgan fingerprint density at radius 3 is 0.713 bits per heavy atom. The standard InChI is InChI=1S/C21H14.5C17H12.6C5H12/c1-2-8-15-14(7-1)13-20-18-11-4-3-9-16(18)17-10-5-6-12-19(17)21(15)20;2*1-3-7-15-12(5-1)9-10-14-11-13-6-2-4-8-16(13)17(14)15;1-3-7-14-12(5-1)9-10-16-15-8-4-2-6-13(15)11-17(14)16;2*1-2-6-13-11-17-15(9-12(13)5-1)10-14-7-3-4-8-16(14)17;6*1-5(2,3)4/h1-12H,13H2;3*1-10H,11H2;2*1-9,11H,10H2;6*1-4H3. The van der Waals surface area contributed by atoms with Gasteiger partial charge in [0, 0.05) is 0 Å². The zero-order valence-corrected chi connectivity index (χ0v) is 86.0. The van der Waals surface area contributed by atoms with Crippen molar-refractivity contribution >= 4 is 75.4 Å². The largest absolute Gasteiger partial charge is 0.0619 e. The molecule has 19 aromatic carbocycles. The van der Waals surface area contributed by atoms with Gasteiger partial charge in [0.05, 0.1) is 0 Å². The summed E-state index contributed by atoms with van der Waals surface area (Å²) in [6, 6.07) is 136. The maximum atomic E-state index is 2.34. The first kappa shape index (κ1) is 99.0. The topological polar surface area (TPSA) is 0 Å². The smallest absolute Gasteiger partial charge is 0.000705 e. The fraction of sp³-hybridized carbons (Fsp3) is 0.265. The Kier molecular flexibility index (Phi) is 30.9. The SMILES string of the molecule is CC(C)(C)C.CC(C)(C)C.CC(C)(C)C.CC(C)(C)C.CC(C)(C)C.CC(C)(C)C.c1ccc2c(c1)Cc1c-2c2ccccc2c2ccccc12.c1ccc2c(c1)Cc1c-2ccc2ccccc12.c1ccc2c(c1)Cc1cc3ccccc3cc1-2.c1ccc2c(c1)Cc1cc3ccccc3cc1-2.c1ccc2c(c1)Cc1ccc3ccccc3c1-2.c1ccc2c(c1)Cc1ccc3ccccc3c1-2. The molecule has 0 spiro atoms. The molecule has 136 heavy (non-hydrogen) atoms. The van der Waals surface area contributed by atoms with Crippen molar-refractivity contribution in [1.82, 2.24) is 0 Å². The molecule has 690 valence electrons. The second-order valence-electron chi connectivity index (χ2n) is 47.1. The molecule has 6 aliphatic rings. The van der Waals surface area contributed by atoms with Crippen molar-refractivity contribution in [3.05, 3.63) is 443 Å². The van der Waals surface area contributed by atoms with Gasteiger partial charge in [-0.2, -0.15) is 0 Å². The summed E-state index contributed by atoms with van der Waals surface area (Å²) in [7, 11) is 0. The average Bonchev–Trinajstić information content (AvgIpc) is 1.52. The van der Waals surface area contributed by atoms with Gasteiger partial charge in [0.15, 0.2) is 0 Å². The van der Waals surface area contributed by atoms with E-state index in [1.54, 1.807) is 0 Å². The first-order chi connectivity index (χ1) is 64.6. The normalized spacial score (nSPS) is 12.4. The summed E-state index contributed by atoms with van der Waals surface area (Å²) < 4.78 is 0. The molecule has 0 saturated heterocycles. The number of hydrogen-bond donors (Lipinski definition) is 0. The summed E-state index contributed by atoms with van der Waals surface area (Å²) >= 11 is 0. The highest BCUT2D eigenvalue weighted by atomic mass is 14.3. The summed E-state index contributed by atoms with van der Waals surface area (Å²) in [5, 5.41) is 19.1. The number of fused-ring (bicyclic) bond motifs is 31. The Labute approximate surface area is 816 Å². The zero-order valence-electron chi connectivity index (χ0n) is 86.0. The van der Waals surface area contributed by atoms with Gasteiger partial charge in [0.2, 0.25) is 0 Å². The molecule has 0 amide bonds. The second-order valence-corrected chi connectivity index (χ2v) is 47.1. The average molecular weight is 1780 g/mol. The van der Waals surface area contributed by atoms with Crippen LogP contribution in [0.1, 0.15) is 233 Å². The molecule has 0 unspecified atom stereocenters. The van der Waals surface area contributed by atoms with Crippen LogP contribution in [0.5, 0.6) is 0 Å². The monoisotopic (exact) mass is 1780 g/mol. The summed E-state index contributed by atoms with van der Waals surface area (Å²) in [6.45, 7) is 52.5. The van der Waals surface area contributed by atoms with Crippen molar-refractivity contribution in [2.45, 2.75) is 205 Å². The lowest BCUT2D eigenvalue weighted by atomic mass is 9.92. The maximum Gasteiger partial charge on any atom is -0.000705 e. The molecule has 0 saturated carbocycles. The van der Waals surface area contributed by atoms with Gasteiger partial charge in [-0.25, -0.2) is 0 Å². The molecule has 0 heteroatoms. The molecule has 25 rings (SSSR count).